The molecule has 0 saturated carbocycles. The Hall–Kier alpha value is -4.99. The summed E-state index contributed by atoms with van der Waals surface area (Å²) in [5.74, 6) is -3.44. The second-order valence-corrected chi connectivity index (χ2v) is 11.1. The van der Waals surface area contributed by atoms with Crippen LogP contribution in [0.5, 0.6) is 5.75 Å². The summed E-state index contributed by atoms with van der Waals surface area (Å²) in [5.41, 5.74) is 4.95. The van der Waals surface area contributed by atoms with E-state index in [-0.39, 0.29) is 44.0 Å². The molecule has 44 heavy (non-hydrogen) atoms. The van der Waals surface area contributed by atoms with E-state index in [1.807, 2.05) is 48.5 Å². The van der Waals surface area contributed by atoms with Crippen LogP contribution in [-0.2, 0) is 30.3 Å². The van der Waals surface area contributed by atoms with Crippen LogP contribution >= 0.6 is 0 Å². The van der Waals surface area contributed by atoms with Crippen LogP contribution in [0.15, 0.2) is 72.8 Å². The van der Waals surface area contributed by atoms with Gasteiger partial charge in [0.05, 0.1) is 18.5 Å². The summed E-state index contributed by atoms with van der Waals surface area (Å²) in [6, 6.07) is 20.2. The first-order chi connectivity index (χ1) is 21.0. The summed E-state index contributed by atoms with van der Waals surface area (Å²) < 4.78 is 5.65. The summed E-state index contributed by atoms with van der Waals surface area (Å²) in [4.78, 5) is 62.1. The number of phenolic OH excluding ortho intramolecular Hbond substituents is 1. The van der Waals surface area contributed by atoms with Crippen LogP contribution in [0.25, 0.3) is 11.1 Å². The molecule has 0 bridgehead atoms. The summed E-state index contributed by atoms with van der Waals surface area (Å²) in [6.45, 7) is 3.06. The largest absolute Gasteiger partial charge is 0.508 e. The van der Waals surface area contributed by atoms with Gasteiger partial charge in [0.2, 0.25) is 5.91 Å². The molecule has 4 N–H and O–H groups in total. The summed E-state index contributed by atoms with van der Waals surface area (Å²) in [6.07, 6.45) is -1.47. The van der Waals surface area contributed by atoms with Gasteiger partial charge in [0.1, 0.15) is 12.4 Å². The van der Waals surface area contributed by atoms with Crippen molar-refractivity contribution >= 4 is 29.5 Å². The molecule has 3 aromatic rings. The molecule has 1 aliphatic carbocycles. The number of aliphatic carboxylic acids is 1. The molecule has 2 amide bonds. The first-order valence-corrected chi connectivity index (χ1v) is 14.5. The number of hydrogen-bond acceptors (Lipinski definition) is 7. The van der Waals surface area contributed by atoms with Crippen LogP contribution in [0.3, 0.4) is 0 Å². The number of fused-ring (bicyclic) bond motifs is 3. The fraction of sp³-hybridized carbons (Fsp3) is 0.324. The molecule has 10 heteroatoms. The van der Waals surface area contributed by atoms with Crippen LogP contribution in [0.4, 0.5) is 4.79 Å². The standard InChI is InChI=1S/C34H36N2O8/c1-20(33(42)35-21(2)30(38)15-16-32(40)41)17-31(39)29(18-22-11-13-23(37)14-12-22)36-34(43)44-19-28-26-9-5-3-7-24(26)25-8-4-6-10-27(25)28/h3-14,20-21,28-29,37H,15-19H2,1-2H3,(H,35,42)(H,36,43)(H,40,41)/t20-,21+,29+/m1/s1. The van der Waals surface area contributed by atoms with Gasteiger partial charge in [-0.3, -0.25) is 19.2 Å². The molecule has 230 valence electrons. The van der Waals surface area contributed by atoms with E-state index in [4.69, 9.17) is 9.84 Å². The van der Waals surface area contributed by atoms with Gasteiger partial charge in [0.25, 0.3) is 0 Å². The number of aromatic hydroxyl groups is 1. The molecule has 0 unspecified atom stereocenters. The first-order valence-electron chi connectivity index (χ1n) is 14.5. The highest BCUT2D eigenvalue weighted by molar-refractivity contribution is 5.94. The topological polar surface area (TPSA) is 159 Å². The lowest BCUT2D eigenvalue weighted by molar-refractivity contribution is -0.139. The third-order valence-corrected chi connectivity index (χ3v) is 7.78. The Morgan fingerprint density at radius 3 is 1.98 bits per heavy atom. The van der Waals surface area contributed by atoms with Crippen molar-refractivity contribution in [2.24, 2.45) is 5.92 Å². The molecule has 0 aromatic heterocycles. The number of phenols is 1. The number of ether oxygens (including phenoxy) is 1. The maximum Gasteiger partial charge on any atom is 0.407 e. The molecule has 3 atom stereocenters. The average molecular weight is 601 g/mol. The third-order valence-electron chi connectivity index (χ3n) is 7.78. The van der Waals surface area contributed by atoms with Crippen molar-refractivity contribution in [2.75, 3.05) is 6.61 Å². The highest BCUT2D eigenvalue weighted by Crippen LogP contribution is 2.44. The Morgan fingerprint density at radius 1 is 0.795 bits per heavy atom. The normalized spacial score (nSPS) is 14.0. The zero-order valence-corrected chi connectivity index (χ0v) is 24.6. The number of ketones is 2. The van der Waals surface area contributed by atoms with Crippen molar-refractivity contribution in [3.05, 3.63) is 89.5 Å². The van der Waals surface area contributed by atoms with E-state index in [0.29, 0.717) is 5.56 Å². The molecule has 0 fully saturated rings. The number of carbonyl (C=O) groups excluding carboxylic acids is 4. The lowest BCUT2D eigenvalue weighted by Crippen LogP contribution is -2.45. The number of carboxylic acid groups (broad SMARTS) is 1. The molecule has 1 aliphatic rings. The fourth-order valence-corrected chi connectivity index (χ4v) is 5.31. The van der Waals surface area contributed by atoms with Gasteiger partial charge in [0.15, 0.2) is 11.6 Å². The molecular formula is C34H36N2O8. The molecule has 0 aliphatic heterocycles. The highest BCUT2D eigenvalue weighted by Gasteiger charge is 2.31. The van der Waals surface area contributed by atoms with Crippen molar-refractivity contribution in [2.45, 2.75) is 57.5 Å². The van der Waals surface area contributed by atoms with Gasteiger partial charge in [-0.1, -0.05) is 67.6 Å². The molecular weight excluding hydrogens is 564 g/mol. The number of benzene rings is 3. The Morgan fingerprint density at radius 2 is 1.39 bits per heavy atom. The van der Waals surface area contributed by atoms with Gasteiger partial charge in [-0.2, -0.15) is 0 Å². The predicted octanol–water partition coefficient (Wildman–Crippen LogP) is 4.38. The van der Waals surface area contributed by atoms with E-state index in [0.717, 1.165) is 22.3 Å². The van der Waals surface area contributed by atoms with Crippen LogP contribution in [0, 0.1) is 5.92 Å². The average Bonchev–Trinajstić information content (AvgIpc) is 3.32. The van der Waals surface area contributed by atoms with Gasteiger partial charge in [-0.05, 0) is 53.3 Å². The SMILES string of the molecule is C[C@H](CC(=O)[C@H](Cc1ccc(O)cc1)NC(=O)OCC1c2ccccc2-c2ccccc21)C(=O)N[C@@H](C)C(=O)CCC(=O)O. The van der Waals surface area contributed by atoms with Crippen LogP contribution in [0.1, 0.15) is 55.7 Å². The number of amides is 2. The van der Waals surface area contributed by atoms with Gasteiger partial charge in [-0.25, -0.2) is 4.79 Å². The second-order valence-electron chi connectivity index (χ2n) is 11.1. The number of nitrogens with one attached hydrogen (secondary N) is 2. The third kappa shape index (κ3) is 8.09. The Balaban J connectivity index is 1.40. The quantitative estimate of drug-likeness (QED) is 0.212. The van der Waals surface area contributed by atoms with Crippen LogP contribution in [-0.4, -0.2) is 58.4 Å². The summed E-state index contributed by atoms with van der Waals surface area (Å²) in [5, 5.41) is 23.6. The lowest BCUT2D eigenvalue weighted by atomic mass is 9.94. The van der Waals surface area contributed by atoms with Crippen molar-refractivity contribution < 1.29 is 38.9 Å². The second kappa shape index (κ2) is 14.5. The van der Waals surface area contributed by atoms with E-state index >= 15 is 0 Å². The minimum atomic E-state index is -1.11. The van der Waals surface area contributed by atoms with E-state index in [2.05, 4.69) is 10.6 Å². The van der Waals surface area contributed by atoms with Gasteiger partial charge in [-0.15, -0.1) is 0 Å². The monoisotopic (exact) mass is 600 g/mol. The molecule has 0 radical (unpaired) electrons. The van der Waals surface area contributed by atoms with Crippen molar-refractivity contribution in [3.63, 3.8) is 0 Å². The Kier molecular flexibility index (Phi) is 10.5. The molecule has 3 aromatic carbocycles. The number of alkyl carbamates (subject to hydrolysis) is 1. The van der Waals surface area contributed by atoms with E-state index < -0.39 is 47.5 Å². The van der Waals surface area contributed by atoms with E-state index in [1.54, 1.807) is 12.1 Å². The maximum atomic E-state index is 13.4. The highest BCUT2D eigenvalue weighted by atomic mass is 16.5. The minimum Gasteiger partial charge on any atom is -0.508 e. The van der Waals surface area contributed by atoms with Gasteiger partial charge in [0, 0.05) is 24.7 Å². The Labute approximate surface area is 255 Å². The molecule has 10 nitrogen and oxygen atoms in total. The number of hydrogen-bond donors (Lipinski definition) is 4. The van der Waals surface area contributed by atoms with E-state index in [9.17, 15) is 29.1 Å². The minimum absolute atomic E-state index is 0.0541. The summed E-state index contributed by atoms with van der Waals surface area (Å²) in [7, 11) is 0. The number of Topliss-reactive ketones (excluding diaryl/α,β-unsaturated/α-hetero) is 2. The van der Waals surface area contributed by atoms with E-state index in [1.165, 1.54) is 26.0 Å². The van der Waals surface area contributed by atoms with Crippen molar-refractivity contribution in [1.82, 2.24) is 10.6 Å². The van der Waals surface area contributed by atoms with Crippen LogP contribution < -0.4 is 10.6 Å². The Bertz CT molecular complexity index is 1490. The van der Waals surface area contributed by atoms with Crippen molar-refractivity contribution in [3.8, 4) is 16.9 Å². The number of carboxylic acids is 1. The number of rotatable bonds is 14. The lowest BCUT2D eigenvalue weighted by Gasteiger charge is -2.21. The molecule has 0 saturated heterocycles. The number of carbonyl (C=O) groups is 5. The molecule has 0 spiro atoms. The maximum absolute atomic E-state index is 13.4. The van der Waals surface area contributed by atoms with Crippen LogP contribution in [0.2, 0.25) is 0 Å². The molecule has 4 rings (SSSR count). The summed E-state index contributed by atoms with van der Waals surface area (Å²) >= 11 is 0. The smallest absolute Gasteiger partial charge is 0.407 e. The van der Waals surface area contributed by atoms with Crippen molar-refractivity contribution in [1.29, 1.82) is 0 Å². The predicted molar refractivity (Wildman–Crippen MR) is 162 cm³/mol. The zero-order valence-electron chi connectivity index (χ0n) is 24.6. The first kappa shape index (κ1) is 31.9. The molecule has 0 heterocycles. The zero-order chi connectivity index (χ0) is 31.8. The fourth-order valence-electron chi connectivity index (χ4n) is 5.31. The van der Waals surface area contributed by atoms with Gasteiger partial charge < -0.3 is 25.6 Å². The van der Waals surface area contributed by atoms with Gasteiger partial charge >= 0.3 is 12.1 Å².